The molecule has 1 atom stereocenters. The number of hydrogen-bond acceptors (Lipinski definition) is 6. The maximum absolute atomic E-state index is 13.8. The van der Waals surface area contributed by atoms with E-state index >= 15 is 0 Å². The summed E-state index contributed by atoms with van der Waals surface area (Å²) in [7, 11) is 2.01. The Bertz CT molecular complexity index is 1240. The van der Waals surface area contributed by atoms with Gasteiger partial charge < -0.3 is 24.6 Å². The highest BCUT2D eigenvalue weighted by Crippen LogP contribution is 2.41. The highest BCUT2D eigenvalue weighted by Gasteiger charge is 2.35. The van der Waals surface area contributed by atoms with E-state index < -0.39 is 0 Å². The molecular weight excluding hydrogens is 478 g/mol. The molecular formula is C31H37N3O4. The first-order valence-corrected chi connectivity index (χ1v) is 14.0. The van der Waals surface area contributed by atoms with Crippen molar-refractivity contribution in [3.05, 3.63) is 59.3 Å². The molecule has 7 heteroatoms. The number of amides is 1. The third-order valence-electron chi connectivity index (χ3n) is 8.55. The fraction of sp³-hybridized carbons (Fsp3) is 0.484. The Labute approximate surface area is 224 Å². The Hall–Kier alpha value is -3.32. The molecule has 2 aromatic rings. The maximum atomic E-state index is 13.8. The van der Waals surface area contributed by atoms with E-state index in [4.69, 9.17) is 9.47 Å². The minimum Gasteiger partial charge on any atom is -0.489 e. The van der Waals surface area contributed by atoms with Gasteiger partial charge in [-0.25, -0.2) is 0 Å². The van der Waals surface area contributed by atoms with Crippen LogP contribution < -0.4 is 15.0 Å². The number of fused-ring (bicyclic) bond motifs is 1. The number of nitrogens with zero attached hydrogens (tertiary/aromatic N) is 2. The van der Waals surface area contributed by atoms with Crippen molar-refractivity contribution >= 4 is 17.4 Å². The second-order valence-electron chi connectivity index (χ2n) is 10.9. The SMILES string of the molecule is CN1CC(=O)C(CNC(=O)c2cc(-c3ccccc3)cc3c2OCCN3C2CCOCC2)C2=C1CCCC2. The van der Waals surface area contributed by atoms with Crippen molar-refractivity contribution in [3.8, 4) is 16.9 Å². The maximum Gasteiger partial charge on any atom is 0.255 e. The van der Waals surface area contributed by atoms with E-state index in [2.05, 4.69) is 33.3 Å². The van der Waals surface area contributed by atoms with Gasteiger partial charge in [0.15, 0.2) is 11.5 Å². The van der Waals surface area contributed by atoms with Gasteiger partial charge in [0.1, 0.15) is 6.61 Å². The van der Waals surface area contributed by atoms with Gasteiger partial charge in [-0.3, -0.25) is 9.59 Å². The Balaban J connectivity index is 1.32. The van der Waals surface area contributed by atoms with Gasteiger partial charge in [-0.15, -0.1) is 0 Å². The van der Waals surface area contributed by atoms with Crippen LogP contribution in [0.5, 0.6) is 5.75 Å². The van der Waals surface area contributed by atoms with Crippen LogP contribution in [-0.2, 0) is 9.53 Å². The Morgan fingerprint density at radius 2 is 1.82 bits per heavy atom. The lowest BCUT2D eigenvalue weighted by Crippen LogP contribution is -2.45. The molecule has 3 aliphatic heterocycles. The highest BCUT2D eigenvalue weighted by molar-refractivity contribution is 6.01. The molecule has 1 saturated heterocycles. The molecule has 1 unspecified atom stereocenters. The monoisotopic (exact) mass is 515 g/mol. The molecule has 0 bridgehead atoms. The van der Waals surface area contributed by atoms with Crippen molar-refractivity contribution in [2.24, 2.45) is 5.92 Å². The van der Waals surface area contributed by atoms with Crippen molar-refractivity contribution in [1.29, 1.82) is 0 Å². The predicted octanol–water partition coefficient (Wildman–Crippen LogP) is 4.42. The summed E-state index contributed by atoms with van der Waals surface area (Å²) in [5.74, 6) is 0.415. The molecule has 6 rings (SSSR count). The van der Waals surface area contributed by atoms with E-state index in [1.165, 1.54) is 11.3 Å². The van der Waals surface area contributed by atoms with Gasteiger partial charge in [0.05, 0.1) is 30.3 Å². The molecule has 0 aromatic heterocycles. The summed E-state index contributed by atoms with van der Waals surface area (Å²) >= 11 is 0. The van der Waals surface area contributed by atoms with E-state index in [0.717, 1.165) is 75.1 Å². The number of benzene rings is 2. The zero-order chi connectivity index (χ0) is 26.1. The molecule has 0 saturated carbocycles. The molecule has 1 N–H and O–H groups in total. The van der Waals surface area contributed by atoms with E-state index in [9.17, 15) is 9.59 Å². The van der Waals surface area contributed by atoms with Crippen molar-refractivity contribution in [3.63, 3.8) is 0 Å². The number of hydrogen-bond donors (Lipinski definition) is 1. The van der Waals surface area contributed by atoms with Gasteiger partial charge in [0, 0.05) is 38.5 Å². The van der Waals surface area contributed by atoms with Crippen LogP contribution in [0.2, 0.25) is 0 Å². The molecule has 38 heavy (non-hydrogen) atoms. The van der Waals surface area contributed by atoms with Crippen LogP contribution in [0.25, 0.3) is 11.1 Å². The molecule has 1 aliphatic carbocycles. The normalized spacial score (nSPS) is 22.0. The van der Waals surface area contributed by atoms with Crippen LogP contribution >= 0.6 is 0 Å². The number of carbonyl (C=O) groups excluding carboxylic acids is 2. The summed E-state index contributed by atoms with van der Waals surface area (Å²) in [4.78, 5) is 31.3. The number of anilines is 1. The lowest BCUT2D eigenvalue weighted by atomic mass is 9.81. The zero-order valence-electron chi connectivity index (χ0n) is 22.2. The molecule has 7 nitrogen and oxygen atoms in total. The largest absolute Gasteiger partial charge is 0.489 e. The van der Waals surface area contributed by atoms with E-state index in [0.29, 0.717) is 37.1 Å². The number of ether oxygens (including phenoxy) is 2. The zero-order valence-corrected chi connectivity index (χ0v) is 22.2. The molecule has 0 spiro atoms. The summed E-state index contributed by atoms with van der Waals surface area (Å²) < 4.78 is 11.8. The van der Waals surface area contributed by atoms with Crippen molar-refractivity contribution in [2.75, 3.05) is 51.4 Å². The van der Waals surface area contributed by atoms with E-state index in [1.54, 1.807) is 0 Å². The second kappa shape index (κ2) is 10.8. The molecule has 0 radical (unpaired) electrons. The van der Waals surface area contributed by atoms with Crippen LogP contribution in [0.15, 0.2) is 53.7 Å². The average Bonchev–Trinajstić information content (AvgIpc) is 2.97. The van der Waals surface area contributed by atoms with Crippen LogP contribution in [0.4, 0.5) is 5.69 Å². The van der Waals surface area contributed by atoms with E-state index in [-0.39, 0.29) is 17.6 Å². The van der Waals surface area contributed by atoms with Gasteiger partial charge in [-0.05, 0) is 67.4 Å². The number of ketones is 1. The molecule has 3 heterocycles. The van der Waals surface area contributed by atoms with Gasteiger partial charge in [-0.2, -0.15) is 0 Å². The van der Waals surface area contributed by atoms with Crippen molar-refractivity contribution in [1.82, 2.24) is 10.2 Å². The van der Waals surface area contributed by atoms with Crippen LogP contribution in [-0.4, -0.2) is 69.1 Å². The minimum atomic E-state index is -0.238. The predicted molar refractivity (Wildman–Crippen MR) is 148 cm³/mol. The lowest BCUT2D eigenvalue weighted by Gasteiger charge is -2.40. The number of rotatable bonds is 5. The first-order valence-electron chi connectivity index (χ1n) is 14.0. The van der Waals surface area contributed by atoms with E-state index in [1.807, 2.05) is 31.3 Å². The lowest BCUT2D eigenvalue weighted by molar-refractivity contribution is -0.123. The topological polar surface area (TPSA) is 71.1 Å². The standard InChI is InChI=1S/C31H37N3O4/c1-33-20-29(35)26(24-9-5-6-10-27(24)33)19-32-31(36)25-17-22(21-7-3-2-4-8-21)18-28-30(25)38-16-13-34(28)23-11-14-37-15-12-23/h2-4,7-8,17-18,23,26H,5-6,9-16,19-20H2,1H3,(H,32,36). The summed E-state index contributed by atoms with van der Waals surface area (Å²) in [6.07, 6.45) is 6.15. The quantitative estimate of drug-likeness (QED) is 0.636. The molecule has 200 valence electrons. The van der Waals surface area contributed by atoms with Crippen LogP contribution in [0.3, 0.4) is 0 Å². The summed E-state index contributed by atoms with van der Waals surface area (Å²) in [6.45, 7) is 3.59. The molecule has 1 amide bonds. The number of carbonyl (C=O) groups is 2. The van der Waals surface area contributed by atoms with Crippen LogP contribution in [0, 0.1) is 5.92 Å². The van der Waals surface area contributed by atoms with Gasteiger partial charge in [0.2, 0.25) is 0 Å². The van der Waals surface area contributed by atoms with Crippen molar-refractivity contribution < 1.29 is 19.1 Å². The van der Waals surface area contributed by atoms with Gasteiger partial charge in [0.25, 0.3) is 5.91 Å². The first-order chi connectivity index (χ1) is 18.6. The summed E-state index contributed by atoms with van der Waals surface area (Å²) in [6, 6.07) is 14.6. The average molecular weight is 516 g/mol. The Morgan fingerprint density at radius 3 is 2.63 bits per heavy atom. The van der Waals surface area contributed by atoms with Gasteiger partial charge >= 0.3 is 0 Å². The number of likely N-dealkylation sites (N-methyl/N-ethyl adjacent to an activating group) is 1. The summed E-state index contributed by atoms with van der Waals surface area (Å²) in [5, 5.41) is 3.14. The molecule has 4 aliphatic rings. The number of nitrogens with one attached hydrogen (secondary N) is 1. The third kappa shape index (κ3) is 4.80. The fourth-order valence-corrected chi connectivity index (χ4v) is 6.57. The van der Waals surface area contributed by atoms with Crippen molar-refractivity contribution in [2.45, 2.75) is 44.6 Å². The third-order valence-corrected chi connectivity index (χ3v) is 8.55. The number of Topliss-reactive ketones (excluding diaryl/α,β-unsaturated/α-hetero) is 1. The summed E-state index contributed by atoms with van der Waals surface area (Å²) in [5.41, 5.74) is 6.08. The Morgan fingerprint density at radius 1 is 1.03 bits per heavy atom. The smallest absolute Gasteiger partial charge is 0.255 e. The number of allylic oxidation sites excluding steroid dienone is 1. The van der Waals surface area contributed by atoms with Gasteiger partial charge in [-0.1, -0.05) is 30.3 Å². The van der Waals surface area contributed by atoms with Crippen LogP contribution in [0.1, 0.15) is 48.9 Å². The highest BCUT2D eigenvalue weighted by atomic mass is 16.5. The minimum absolute atomic E-state index is 0.183. The molecule has 2 aromatic carbocycles. The fourth-order valence-electron chi connectivity index (χ4n) is 6.57. The Kier molecular flexibility index (Phi) is 7.11. The first kappa shape index (κ1) is 25.0. The molecule has 1 fully saturated rings. The second-order valence-corrected chi connectivity index (χ2v) is 10.9.